The average molecular weight is 640 g/mol. The van der Waals surface area contributed by atoms with Crippen molar-refractivity contribution in [2.45, 2.75) is 25.7 Å². The molecule has 0 aliphatic carbocycles. The third kappa shape index (κ3) is 7.75. The van der Waals surface area contributed by atoms with Crippen molar-refractivity contribution in [2.24, 2.45) is 11.8 Å². The summed E-state index contributed by atoms with van der Waals surface area (Å²) in [4.78, 5) is 42.0. The fourth-order valence-corrected chi connectivity index (χ4v) is 4.86. The standard InChI is InChI=1S/C28H24Br2N4O4/c29-25-11-3-7-21(33-25)15-17(27(35)36)13-19-5-1-9-23(31-19)24-10-2-6-20(32-24)14-18(28(37)38)16-22-8-4-12-26(30)34-22/h1-12,17-18H,13-16H2,(H,35,36)(H,37,38). The fourth-order valence-electron chi connectivity index (χ4n) is 4.10. The number of carbonyl (C=O) groups is 2. The van der Waals surface area contributed by atoms with Gasteiger partial charge in [0.1, 0.15) is 9.21 Å². The van der Waals surface area contributed by atoms with Crippen LogP contribution >= 0.6 is 31.9 Å². The Hall–Kier alpha value is -3.50. The van der Waals surface area contributed by atoms with Crippen molar-refractivity contribution in [3.8, 4) is 11.4 Å². The quantitative estimate of drug-likeness (QED) is 0.208. The molecule has 0 aromatic carbocycles. The van der Waals surface area contributed by atoms with E-state index in [4.69, 9.17) is 0 Å². The molecular weight excluding hydrogens is 616 g/mol. The molecule has 0 spiro atoms. The maximum absolute atomic E-state index is 12.0. The van der Waals surface area contributed by atoms with Gasteiger partial charge in [-0.25, -0.2) is 9.97 Å². The number of carboxylic acids is 2. The number of nitrogens with zero attached hydrogens (tertiary/aromatic N) is 4. The van der Waals surface area contributed by atoms with Crippen LogP contribution in [0, 0.1) is 11.8 Å². The van der Waals surface area contributed by atoms with Crippen LogP contribution in [0.5, 0.6) is 0 Å². The van der Waals surface area contributed by atoms with Gasteiger partial charge in [-0.3, -0.25) is 19.6 Å². The van der Waals surface area contributed by atoms with Gasteiger partial charge in [0, 0.05) is 48.5 Å². The van der Waals surface area contributed by atoms with Crippen LogP contribution in [0.4, 0.5) is 0 Å². The summed E-state index contributed by atoms with van der Waals surface area (Å²) >= 11 is 6.65. The Morgan fingerprint density at radius 1 is 0.553 bits per heavy atom. The maximum Gasteiger partial charge on any atom is 0.307 e. The van der Waals surface area contributed by atoms with Crippen molar-refractivity contribution in [1.29, 1.82) is 0 Å². The number of aliphatic carboxylic acids is 2. The number of carboxylic acid groups (broad SMARTS) is 2. The van der Waals surface area contributed by atoms with Gasteiger partial charge >= 0.3 is 11.9 Å². The molecule has 4 rings (SSSR count). The van der Waals surface area contributed by atoms with E-state index in [2.05, 4.69) is 51.8 Å². The fraction of sp³-hybridized carbons (Fsp3) is 0.214. The molecule has 38 heavy (non-hydrogen) atoms. The minimum Gasteiger partial charge on any atom is -0.481 e. The zero-order valence-electron chi connectivity index (χ0n) is 20.2. The monoisotopic (exact) mass is 638 g/mol. The molecule has 0 amide bonds. The molecule has 4 aromatic heterocycles. The van der Waals surface area contributed by atoms with Crippen LogP contribution in [0.25, 0.3) is 11.4 Å². The number of pyridine rings is 4. The second kappa shape index (κ2) is 12.8. The zero-order valence-corrected chi connectivity index (χ0v) is 23.3. The minimum atomic E-state index is -0.918. The van der Waals surface area contributed by atoms with Crippen LogP contribution in [0.15, 0.2) is 82.0 Å². The van der Waals surface area contributed by atoms with Gasteiger partial charge in [-0.15, -0.1) is 0 Å². The zero-order chi connectivity index (χ0) is 27.1. The Labute approximate surface area is 236 Å². The summed E-state index contributed by atoms with van der Waals surface area (Å²) in [6, 6.07) is 21.7. The molecule has 2 atom stereocenters. The highest BCUT2D eigenvalue weighted by atomic mass is 79.9. The summed E-state index contributed by atoms with van der Waals surface area (Å²) in [5.74, 6) is -3.22. The van der Waals surface area contributed by atoms with E-state index in [1.54, 1.807) is 48.5 Å². The smallest absolute Gasteiger partial charge is 0.307 e. The summed E-state index contributed by atoms with van der Waals surface area (Å²) in [7, 11) is 0. The highest BCUT2D eigenvalue weighted by molar-refractivity contribution is 9.10. The van der Waals surface area contributed by atoms with E-state index in [1.807, 2.05) is 24.3 Å². The lowest BCUT2D eigenvalue weighted by Crippen LogP contribution is -2.20. The van der Waals surface area contributed by atoms with Crippen molar-refractivity contribution < 1.29 is 19.8 Å². The highest BCUT2D eigenvalue weighted by Crippen LogP contribution is 2.21. The second-order valence-electron chi connectivity index (χ2n) is 8.82. The van der Waals surface area contributed by atoms with E-state index in [1.165, 1.54) is 0 Å². The molecular formula is C28H24Br2N4O4. The normalized spacial score (nSPS) is 12.6. The summed E-state index contributed by atoms with van der Waals surface area (Å²) in [5.41, 5.74) is 3.80. The van der Waals surface area contributed by atoms with E-state index in [9.17, 15) is 19.8 Å². The lowest BCUT2D eigenvalue weighted by Gasteiger charge is -2.14. The first-order chi connectivity index (χ1) is 18.3. The Morgan fingerprint density at radius 2 is 0.868 bits per heavy atom. The van der Waals surface area contributed by atoms with Crippen LogP contribution < -0.4 is 0 Å². The van der Waals surface area contributed by atoms with Gasteiger partial charge in [-0.2, -0.15) is 0 Å². The molecule has 4 aromatic rings. The van der Waals surface area contributed by atoms with Crippen LogP contribution in [-0.2, 0) is 35.3 Å². The van der Waals surface area contributed by atoms with Crippen molar-refractivity contribution >= 4 is 43.8 Å². The molecule has 8 nitrogen and oxygen atoms in total. The Bertz CT molecular complexity index is 1340. The molecule has 0 fully saturated rings. The number of hydrogen-bond acceptors (Lipinski definition) is 6. The molecule has 4 heterocycles. The molecule has 10 heteroatoms. The van der Waals surface area contributed by atoms with E-state index < -0.39 is 23.8 Å². The average Bonchev–Trinajstić information content (AvgIpc) is 2.88. The van der Waals surface area contributed by atoms with Gasteiger partial charge in [0.25, 0.3) is 0 Å². The van der Waals surface area contributed by atoms with Crippen LogP contribution in [0.1, 0.15) is 22.8 Å². The van der Waals surface area contributed by atoms with Crippen molar-refractivity contribution in [3.63, 3.8) is 0 Å². The lowest BCUT2D eigenvalue weighted by atomic mass is 9.96. The first kappa shape index (κ1) is 27.5. The van der Waals surface area contributed by atoms with Crippen LogP contribution in [0.3, 0.4) is 0 Å². The Kier molecular flexibility index (Phi) is 9.30. The van der Waals surface area contributed by atoms with Gasteiger partial charge in [-0.05, 0) is 80.4 Å². The molecule has 0 radical (unpaired) electrons. The second-order valence-corrected chi connectivity index (χ2v) is 10.4. The topological polar surface area (TPSA) is 126 Å². The molecule has 0 aliphatic rings. The van der Waals surface area contributed by atoms with E-state index in [-0.39, 0.29) is 25.7 Å². The number of hydrogen-bond donors (Lipinski definition) is 2. The number of aromatic nitrogens is 4. The number of halogens is 2. The van der Waals surface area contributed by atoms with Gasteiger partial charge < -0.3 is 10.2 Å². The predicted molar refractivity (Wildman–Crippen MR) is 148 cm³/mol. The van der Waals surface area contributed by atoms with Crippen LogP contribution in [-0.4, -0.2) is 42.1 Å². The highest BCUT2D eigenvalue weighted by Gasteiger charge is 2.22. The van der Waals surface area contributed by atoms with Crippen molar-refractivity contribution in [3.05, 3.63) is 105 Å². The summed E-state index contributed by atoms with van der Waals surface area (Å²) in [5, 5.41) is 19.6. The van der Waals surface area contributed by atoms with Gasteiger partial charge in [0.2, 0.25) is 0 Å². The Morgan fingerprint density at radius 3 is 1.18 bits per heavy atom. The largest absolute Gasteiger partial charge is 0.481 e. The first-order valence-corrected chi connectivity index (χ1v) is 13.5. The van der Waals surface area contributed by atoms with E-state index >= 15 is 0 Å². The maximum atomic E-state index is 12.0. The van der Waals surface area contributed by atoms with Crippen LogP contribution in [0.2, 0.25) is 0 Å². The Balaban J connectivity index is 1.50. The summed E-state index contributed by atoms with van der Waals surface area (Å²) in [6.45, 7) is 0. The molecule has 0 saturated heterocycles. The molecule has 2 unspecified atom stereocenters. The molecule has 0 saturated carbocycles. The SMILES string of the molecule is O=C(O)C(Cc1cccc(Br)n1)Cc1cccc(-c2cccc(CC(Cc3cccc(Br)n3)C(=O)O)n2)n1. The lowest BCUT2D eigenvalue weighted by molar-refractivity contribution is -0.142. The third-order valence-corrected chi connectivity index (χ3v) is 6.83. The minimum absolute atomic E-state index is 0.234. The van der Waals surface area contributed by atoms with Gasteiger partial charge in [0.05, 0.1) is 23.2 Å². The molecule has 194 valence electrons. The third-order valence-electron chi connectivity index (χ3n) is 5.94. The summed E-state index contributed by atoms with van der Waals surface area (Å²) in [6.07, 6.45) is 1.02. The molecule has 0 bridgehead atoms. The summed E-state index contributed by atoms with van der Waals surface area (Å²) < 4.78 is 1.31. The van der Waals surface area contributed by atoms with E-state index in [0.717, 1.165) is 0 Å². The predicted octanol–water partition coefficient (Wildman–Crippen LogP) is 5.43. The van der Waals surface area contributed by atoms with Gasteiger partial charge in [0.15, 0.2) is 0 Å². The van der Waals surface area contributed by atoms with Gasteiger partial charge in [-0.1, -0.05) is 24.3 Å². The molecule has 2 N–H and O–H groups in total. The first-order valence-electron chi connectivity index (χ1n) is 11.9. The molecule has 0 aliphatic heterocycles. The van der Waals surface area contributed by atoms with Crippen molar-refractivity contribution in [1.82, 2.24) is 19.9 Å². The van der Waals surface area contributed by atoms with Crippen molar-refractivity contribution in [2.75, 3.05) is 0 Å². The van der Waals surface area contributed by atoms with E-state index in [0.29, 0.717) is 43.4 Å². The number of rotatable bonds is 11.